The van der Waals surface area contributed by atoms with Crippen LogP contribution < -0.4 is 4.74 Å². The second-order valence-electron chi connectivity index (χ2n) is 4.08. The second kappa shape index (κ2) is 5.78. The van der Waals surface area contributed by atoms with Crippen molar-refractivity contribution >= 4 is 29.2 Å². The Morgan fingerprint density at radius 2 is 2.00 bits per heavy atom. The molecule has 18 heavy (non-hydrogen) atoms. The summed E-state index contributed by atoms with van der Waals surface area (Å²) in [6, 6.07) is 4.91. The molecule has 6 heteroatoms. The zero-order chi connectivity index (χ0) is 13.1. The summed E-state index contributed by atoms with van der Waals surface area (Å²) >= 11 is 11.7. The van der Waals surface area contributed by atoms with Gasteiger partial charge in [0.15, 0.2) is 6.10 Å². The van der Waals surface area contributed by atoms with Crippen molar-refractivity contribution in [2.24, 2.45) is 0 Å². The van der Waals surface area contributed by atoms with E-state index in [1.54, 1.807) is 18.2 Å². The van der Waals surface area contributed by atoms with Gasteiger partial charge in [-0.2, -0.15) is 0 Å². The fourth-order valence-corrected chi connectivity index (χ4v) is 2.32. The molecule has 2 atom stereocenters. The van der Waals surface area contributed by atoms with Crippen LogP contribution in [0.5, 0.6) is 5.75 Å². The molecule has 0 saturated carbocycles. The Labute approximate surface area is 114 Å². The molecule has 0 bridgehead atoms. The van der Waals surface area contributed by atoms with Crippen LogP contribution in [-0.4, -0.2) is 29.9 Å². The number of carbonyl (C=O) groups is 1. The molecular weight excluding hydrogens is 279 g/mol. The lowest BCUT2D eigenvalue weighted by atomic mass is 10.2. The number of hydrogen-bond donors (Lipinski definition) is 1. The lowest BCUT2D eigenvalue weighted by Gasteiger charge is -2.13. The summed E-state index contributed by atoms with van der Waals surface area (Å²) in [6.07, 6.45) is 0.260. The van der Waals surface area contributed by atoms with E-state index in [4.69, 9.17) is 37.8 Å². The minimum Gasteiger partial charge on any atom is -0.491 e. The molecule has 1 N–H and O–H groups in total. The molecule has 1 aromatic carbocycles. The van der Waals surface area contributed by atoms with Crippen molar-refractivity contribution in [1.29, 1.82) is 0 Å². The maximum absolute atomic E-state index is 10.7. The fraction of sp³-hybridized carbons (Fsp3) is 0.417. The SMILES string of the molecule is O=C(O)C1CCC(COc2cc(Cl)cc(Cl)c2)O1. The van der Waals surface area contributed by atoms with Crippen molar-refractivity contribution < 1.29 is 19.4 Å². The van der Waals surface area contributed by atoms with Gasteiger partial charge >= 0.3 is 5.97 Å². The van der Waals surface area contributed by atoms with Gasteiger partial charge in [-0.3, -0.25) is 0 Å². The molecule has 1 saturated heterocycles. The molecule has 0 aromatic heterocycles. The molecule has 1 heterocycles. The predicted molar refractivity (Wildman–Crippen MR) is 67.5 cm³/mol. The van der Waals surface area contributed by atoms with Gasteiger partial charge < -0.3 is 14.6 Å². The van der Waals surface area contributed by atoms with Crippen molar-refractivity contribution in [3.05, 3.63) is 28.2 Å². The summed E-state index contributed by atoms with van der Waals surface area (Å²) in [4.78, 5) is 10.7. The van der Waals surface area contributed by atoms with E-state index in [1.807, 2.05) is 0 Å². The van der Waals surface area contributed by atoms with Crippen LogP contribution in [0.2, 0.25) is 10.0 Å². The number of halogens is 2. The van der Waals surface area contributed by atoms with Gasteiger partial charge in [0.1, 0.15) is 12.4 Å². The first-order valence-corrected chi connectivity index (χ1v) is 6.27. The van der Waals surface area contributed by atoms with Crippen molar-refractivity contribution in [1.82, 2.24) is 0 Å². The average molecular weight is 291 g/mol. The molecule has 1 aromatic rings. The van der Waals surface area contributed by atoms with E-state index >= 15 is 0 Å². The number of aliphatic carboxylic acids is 1. The van der Waals surface area contributed by atoms with E-state index in [9.17, 15) is 4.79 Å². The highest BCUT2D eigenvalue weighted by Gasteiger charge is 2.30. The lowest BCUT2D eigenvalue weighted by molar-refractivity contribution is -0.149. The van der Waals surface area contributed by atoms with Crippen molar-refractivity contribution in [2.45, 2.75) is 25.0 Å². The standard InChI is InChI=1S/C12H12Cl2O4/c13-7-3-8(14)5-10(4-7)17-6-9-1-2-11(18-9)12(15)16/h3-5,9,11H,1-2,6H2,(H,15,16). The van der Waals surface area contributed by atoms with Crippen molar-refractivity contribution in [3.8, 4) is 5.75 Å². The summed E-state index contributed by atoms with van der Waals surface area (Å²) in [5.74, 6) is -0.377. The summed E-state index contributed by atoms with van der Waals surface area (Å²) in [5.41, 5.74) is 0. The van der Waals surface area contributed by atoms with Crippen molar-refractivity contribution in [2.75, 3.05) is 6.61 Å². The third kappa shape index (κ3) is 3.51. The third-order valence-corrected chi connectivity index (χ3v) is 3.09. The van der Waals surface area contributed by atoms with E-state index in [0.717, 1.165) is 0 Å². The van der Waals surface area contributed by atoms with Crippen LogP contribution in [0.4, 0.5) is 0 Å². The van der Waals surface area contributed by atoms with Gasteiger partial charge in [-0.1, -0.05) is 23.2 Å². The number of ether oxygens (including phenoxy) is 2. The van der Waals surface area contributed by atoms with Gasteiger partial charge in [0, 0.05) is 10.0 Å². The van der Waals surface area contributed by atoms with Crippen molar-refractivity contribution in [3.63, 3.8) is 0 Å². The first-order chi connectivity index (χ1) is 8.54. The topological polar surface area (TPSA) is 55.8 Å². The summed E-state index contributed by atoms with van der Waals surface area (Å²) in [7, 11) is 0. The van der Waals surface area contributed by atoms with Crippen LogP contribution in [0.25, 0.3) is 0 Å². The molecule has 98 valence electrons. The smallest absolute Gasteiger partial charge is 0.332 e. The van der Waals surface area contributed by atoms with Gasteiger partial charge in [-0.05, 0) is 31.0 Å². The Hall–Kier alpha value is -0.970. The predicted octanol–water partition coefficient (Wildman–Crippen LogP) is 3.00. The molecular formula is C12H12Cl2O4. The van der Waals surface area contributed by atoms with E-state index in [2.05, 4.69) is 0 Å². The zero-order valence-corrected chi connectivity index (χ0v) is 10.9. The first-order valence-electron chi connectivity index (χ1n) is 5.52. The third-order valence-electron chi connectivity index (χ3n) is 2.65. The van der Waals surface area contributed by atoms with Crippen LogP contribution in [-0.2, 0) is 9.53 Å². The molecule has 2 unspecified atom stereocenters. The van der Waals surface area contributed by atoms with Gasteiger partial charge in [0.05, 0.1) is 6.10 Å². The number of hydrogen-bond acceptors (Lipinski definition) is 3. The quantitative estimate of drug-likeness (QED) is 0.926. The molecule has 2 rings (SSSR count). The van der Waals surface area contributed by atoms with Gasteiger partial charge in [-0.15, -0.1) is 0 Å². The lowest BCUT2D eigenvalue weighted by Crippen LogP contribution is -2.23. The van der Waals surface area contributed by atoms with Crippen LogP contribution in [0.15, 0.2) is 18.2 Å². The van der Waals surface area contributed by atoms with Gasteiger partial charge in [-0.25, -0.2) is 4.79 Å². The van der Waals surface area contributed by atoms with E-state index < -0.39 is 12.1 Å². The van der Waals surface area contributed by atoms with Crippen LogP contribution >= 0.6 is 23.2 Å². The molecule has 1 aliphatic rings. The number of carboxylic acids is 1. The van der Waals surface area contributed by atoms with E-state index in [1.165, 1.54) is 0 Å². The average Bonchev–Trinajstić information content (AvgIpc) is 2.73. The normalized spacial score (nSPS) is 23.0. The van der Waals surface area contributed by atoms with E-state index in [0.29, 0.717) is 35.2 Å². The minimum atomic E-state index is -0.927. The number of carboxylic acid groups (broad SMARTS) is 1. The Bertz CT molecular complexity index is 429. The van der Waals surface area contributed by atoms with Gasteiger partial charge in [0.2, 0.25) is 0 Å². The number of benzene rings is 1. The molecule has 0 spiro atoms. The first kappa shape index (κ1) is 13.5. The Kier molecular flexibility index (Phi) is 4.32. The Morgan fingerprint density at radius 3 is 2.56 bits per heavy atom. The largest absolute Gasteiger partial charge is 0.491 e. The summed E-state index contributed by atoms with van der Waals surface area (Å²) in [6.45, 7) is 0.292. The molecule has 0 aliphatic carbocycles. The monoisotopic (exact) mass is 290 g/mol. The molecule has 0 radical (unpaired) electrons. The fourth-order valence-electron chi connectivity index (χ4n) is 1.81. The highest BCUT2D eigenvalue weighted by atomic mass is 35.5. The summed E-state index contributed by atoms with van der Waals surface area (Å²) in [5, 5.41) is 9.78. The Balaban J connectivity index is 1.87. The van der Waals surface area contributed by atoms with Crippen LogP contribution in [0.3, 0.4) is 0 Å². The second-order valence-corrected chi connectivity index (χ2v) is 4.95. The maximum atomic E-state index is 10.7. The zero-order valence-electron chi connectivity index (χ0n) is 9.44. The minimum absolute atomic E-state index is 0.205. The van der Waals surface area contributed by atoms with Crippen LogP contribution in [0, 0.1) is 0 Å². The summed E-state index contributed by atoms with van der Waals surface area (Å²) < 4.78 is 10.8. The number of rotatable bonds is 4. The van der Waals surface area contributed by atoms with Crippen LogP contribution in [0.1, 0.15) is 12.8 Å². The highest BCUT2D eigenvalue weighted by molar-refractivity contribution is 6.34. The maximum Gasteiger partial charge on any atom is 0.332 e. The highest BCUT2D eigenvalue weighted by Crippen LogP contribution is 2.26. The molecule has 1 fully saturated rings. The molecule has 0 amide bonds. The Morgan fingerprint density at radius 1 is 1.33 bits per heavy atom. The van der Waals surface area contributed by atoms with E-state index in [-0.39, 0.29) is 6.10 Å². The van der Waals surface area contributed by atoms with Gasteiger partial charge in [0.25, 0.3) is 0 Å². The molecule has 1 aliphatic heterocycles. The molecule has 4 nitrogen and oxygen atoms in total.